The number of rotatable bonds is 8. The fourth-order valence-electron chi connectivity index (χ4n) is 2.22. The molecular weight excluding hydrogens is 266 g/mol. The highest BCUT2D eigenvalue weighted by Crippen LogP contribution is 2.25. The Morgan fingerprint density at radius 2 is 1.86 bits per heavy atom. The number of methoxy groups -OCH3 is 1. The van der Waals surface area contributed by atoms with E-state index in [1.165, 1.54) is 7.11 Å². The number of nitrogens with one attached hydrogen (secondary N) is 1. The topological polar surface area (TPSA) is 47.6 Å². The average molecular weight is 293 g/mol. The van der Waals surface area contributed by atoms with E-state index >= 15 is 0 Å². The fourth-order valence-corrected chi connectivity index (χ4v) is 2.22. The summed E-state index contributed by atoms with van der Waals surface area (Å²) in [6.07, 6.45) is 0.986. The van der Waals surface area contributed by atoms with Gasteiger partial charge in [-0.3, -0.25) is 5.32 Å². The lowest BCUT2D eigenvalue weighted by Gasteiger charge is -2.35. The first kappa shape index (κ1) is 17.7. The molecule has 0 saturated heterocycles. The summed E-state index contributed by atoms with van der Waals surface area (Å²) in [5.41, 5.74) is -0.123. The molecule has 0 fully saturated rings. The molecule has 0 amide bonds. The summed E-state index contributed by atoms with van der Waals surface area (Å²) in [7, 11) is 1.41. The van der Waals surface area contributed by atoms with Gasteiger partial charge in [-0.25, -0.2) is 4.79 Å². The van der Waals surface area contributed by atoms with E-state index in [-0.39, 0.29) is 24.7 Å². The van der Waals surface area contributed by atoms with E-state index in [1.807, 2.05) is 51.1 Å². The monoisotopic (exact) mass is 293 g/mol. The van der Waals surface area contributed by atoms with Gasteiger partial charge in [-0.1, -0.05) is 37.3 Å². The average Bonchev–Trinajstić information content (AvgIpc) is 2.50. The second-order valence-corrected chi connectivity index (χ2v) is 5.59. The van der Waals surface area contributed by atoms with E-state index in [4.69, 9.17) is 9.47 Å². The molecule has 0 bridgehead atoms. The third-order valence-electron chi connectivity index (χ3n) is 3.49. The number of benzene rings is 1. The Kier molecular flexibility index (Phi) is 6.85. The van der Waals surface area contributed by atoms with Crippen molar-refractivity contribution < 1.29 is 14.3 Å². The molecule has 2 unspecified atom stereocenters. The quantitative estimate of drug-likeness (QED) is 0.749. The summed E-state index contributed by atoms with van der Waals surface area (Å²) in [5, 5.41) is 3.34. The van der Waals surface area contributed by atoms with Crippen LogP contribution in [0.5, 0.6) is 0 Å². The normalized spacial score (nSPS) is 15.5. The minimum Gasteiger partial charge on any atom is -0.467 e. The maximum Gasteiger partial charge on any atom is 0.333 e. The van der Waals surface area contributed by atoms with Gasteiger partial charge in [-0.15, -0.1) is 0 Å². The summed E-state index contributed by atoms with van der Waals surface area (Å²) in [4.78, 5) is 12.5. The van der Waals surface area contributed by atoms with Crippen molar-refractivity contribution >= 4 is 5.97 Å². The molecule has 0 aromatic heterocycles. The summed E-state index contributed by atoms with van der Waals surface area (Å²) < 4.78 is 10.9. The molecule has 4 nitrogen and oxygen atoms in total. The zero-order valence-electron chi connectivity index (χ0n) is 13.7. The molecule has 1 aromatic rings. The van der Waals surface area contributed by atoms with Gasteiger partial charge in [0.1, 0.15) is 0 Å². The predicted molar refractivity (Wildman–Crippen MR) is 84.1 cm³/mol. The van der Waals surface area contributed by atoms with Crippen molar-refractivity contribution in [3.63, 3.8) is 0 Å². The second-order valence-electron chi connectivity index (χ2n) is 5.59. The Hall–Kier alpha value is -1.39. The summed E-state index contributed by atoms with van der Waals surface area (Å²) in [6.45, 7) is 8.32. The molecule has 0 heterocycles. The van der Waals surface area contributed by atoms with E-state index in [1.54, 1.807) is 0 Å². The molecule has 0 aliphatic carbocycles. The Balaban J connectivity index is 3.18. The van der Waals surface area contributed by atoms with Crippen LogP contribution in [0, 0.1) is 0 Å². The van der Waals surface area contributed by atoms with Crippen molar-refractivity contribution in [2.45, 2.75) is 51.8 Å². The highest BCUT2D eigenvalue weighted by molar-refractivity contribution is 5.83. The van der Waals surface area contributed by atoms with Gasteiger partial charge in [0.25, 0.3) is 0 Å². The molecule has 21 heavy (non-hydrogen) atoms. The van der Waals surface area contributed by atoms with Crippen molar-refractivity contribution in [1.29, 1.82) is 0 Å². The minimum atomic E-state index is -0.979. The zero-order chi connectivity index (χ0) is 15.9. The first-order chi connectivity index (χ1) is 9.96. The van der Waals surface area contributed by atoms with Gasteiger partial charge in [0.2, 0.25) is 0 Å². The van der Waals surface area contributed by atoms with Gasteiger partial charge in [0.15, 0.2) is 5.54 Å². The van der Waals surface area contributed by atoms with Crippen LogP contribution in [-0.4, -0.2) is 31.8 Å². The zero-order valence-corrected chi connectivity index (χ0v) is 13.7. The highest BCUT2D eigenvalue weighted by atomic mass is 16.5. The molecule has 118 valence electrons. The largest absolute Gasteiger partial charge is 0.467 e. The molecule has 1 N–H and O–H groups in total. The van der Waals surface area contributed by atoms with Crippen LogP contribution in [0.4, 0.5) is 0 Å². The summed E-state index contributed by atoms with van der Waals surface area (Å²) in [6, 6.07) is 9.72. The van der Waals surface area contributed by atoms with E-state index < -0.39 is 5.54 Å². The lowest BCUT2D eigenvalue weighted by atomic mass is 9.89. The van der Waals surface area contributed by atoms with Crippen LogP contribution in [0.1, 0.15) is 39.7 Å². The molecule has 2 atom stereocenters. The van der Waals surface area contributed by atoms with Crippen LogP contribution >= 0.6 is 0 Å². The molecule has 1 rings (SSSR count). The summed E-state index contributed by atoms with van der Waals surface area (Å²) in [5.74, 6) is -0.328. The van der Waals surface area contributed by atoms with Crippen LogP contribution in [0.2, 0.25) is 0 Å². The minimum absolute atomic E-state index is 0.0895. The van der Waals surface area contributed by atoms with E-state index in [0.29, 0.717) is 0 Å². The van der Waals surface area contributed by atoms with Gasteiger partial charge < -0.3 is 9.47 Å². The molecule has 1 aromatic carbocycles. The van der Waals surface area contributed by atoms with Crippen molar-refractivity contribution in [2.24, 2.45) is 0 Å². The number of ether oxygens (including phenoxy) is 2. The van der Waals surface area contributed by atoms with Gasteiger partial charge in [-0.05, 0) is 32.8 Å². The SMILES string of the molecule is CCC(C)OCC(NC(C)C)(C(=O)OC)c1ccccc1. The van der Waals surface area contributed by atoms with Crippen molar-refractivity contribution in [1.82, 2.24) is 5.32 Å². The third-order valence-corrected chi connectivity index (χ3v) is 3.49. The number of hydrogen-bond donors (Lipinski definition) is 1. The first-order valence-electron chi connectivity index (χ1n) is 7.49. The number of esters is 1. The van der Waals surface area contributed by atoms with Crippen molar-refractivity contribution in [2.75, 3.05) is 13.7 Å². The van der Waals surface area contributed by atoms with E-state index in [9.17, 15) is 4.79 Å². The number of hydrogen-bond acceptors (Lipinski definition) is 4. The molecular formula is C17H27NO3. The molecule has 0 saturated carbocycles. The van der Waals surface area contributed by atoms with Crippen molar-refractivity contribution in [3.8, 4) is 0 Å². The lowest BCUT2D eigenvalue weighted by molar-refractivity contribution is -0.153. The van der Waals surface area contributed by atoms with Gasteiger partial charge in [-0.2, -0.15) is 0 Å². The van der Waals surface area contributed by atoms with Crippen LogP contribution in [-0.2, 0) is 19.8 Å². The van der Waals surface area contributed by atoms with Gasteiger partial charge >= 0.3 is 5.97 Å². The summed E-state index contributed by atoms with van der Waals surface area (Å²) >= 11 is 0. The highest BCUT2D eigenvalue weighted by Gasteiger charge is 2.42. The fraction of sp³-hybridized carbons (Fsp3) is 0.588. The maximum atomic E-state index is 12.5. The molecule has 0 radical (unpaired) electrons. The molecule has 0 aliphatic heterocycles. The van der Waals surface area contributed by atoms with Crippen LogP contribution in [0.3, 0.4) is 0 Å². The maximum absolute atomic E-state index is 12.5. The van der Waals surface area contributed by atoms with Gasteiger partial charge in [0.05, 0.1) is 19.8 Å². The Morgan fingerprint density at radius 3 is 2.33 bits per heavy atom. The van der Waals surface area contributed by atoms with Gasteiger partial charge in [0, 0.05) is 6.04 Å². The predicted octanol–water partition coefficient (Wildman–Crippen LogP) is 2.87. The van der Waals surface area contributed by atoms with E-state index in [0.717, 1.165) is 12.0 Å². The standard InChI is InChI=1S/C17H27NO3/c1-6-14(4)21-12-17(16(19)20-5,18-13(2)3)15-10-8-7-9-11-15/h7-11,13-14,18H,6,12H2,1-5H3. The van der Waals surface area contributed by atoms with Crippen LogP contribution < -0.4 is 5.32 Å². The molecule has 0 aliphatic rings. The Bertz CT molecular complexity index is 433. The number of carbonyl (C=O) groups excluding carboxylic acids is 1. The van der Waals surface area contributed by atoms with Crippen LogP contribution in [0.15, 0.2) is 30.3 Å². The van der Waals surface area contributed by atoms with E-state index in [2.05, 4.69) is 12.2 Å². The first-order valence-corrected chi connectivity index (χ1v) is 7.49. The molecule has 0 spiro atoms. The number of carbonyl (C=O) groups is 1. The molecule has 4 heteroatoms. The third kappa shape index (κ3) is 4.55. The van der Waals surface area contributed by atoms with Crippen molar-refractivity contribution in [3.05, 3.63) is 35.9 Å². The smallest absolute Gasteiger partial charge is 0.333 e. The van der Waals surface area contributed by atoms with Crippen LogP contribution in [0.25, 0.3) is 0 Å². The Morgan fingerprint density at radius 1 is 1.24 bits per heavy atom. The lowest BCUT2D eigenvalue weighted by Crippen LogP contribution is -2.56. The second kappa shape index (κ2) is 8.15. The Labute approximate surface area is 127 Å².